The van der Waals surface area contributed by atoms with Gasteiger partial charge in [-0.25, -0.2) is 4.68 Å². The summed E-state index contributed by atoms with van der Waals surface area (Å²) in [6.07, 6.45) is 0.636. The molecule has 154 valence electrons. The molecule has 2 aliphatic heterocycles. The van der Waals surface area contributed by atoms with E-state index in [0.29, 0.717) is 23.6 Å². The SMILES string of the molecule is Cc1cc(C(C)C)n(-c2c(Cl)ccc3c2CCNCC32OC(=O)CCC(=O)O2)n1. The van der Waals surface area contributed by atoms with Crippen LogP contribution in [0.15, 0.2) is 18.2 Å². The lowest BCUT2D eigenvalue weighted by molar-refractivity contribution is -0.225. The van der Waals surface area contributed by atoms with Gasteiger partial charge in [0.1, 0.15) is 0 Å². The van der Waals surface area contributed by atoms with E-state index in [1.54, 1.807) is 12.1 Å². The largest absolute Gasteiger partial charge is 0.416 e. The molecule has 3 heterocycles. The molecule has 0 radical (unpaired) electrons. The van der Waals surface area contributed by atoms with E-state index in [4.69, 9.17) is 21.1 Å². The average molecular weight is 418 g/mol. The van der Waals surface area contributed by atoms with Gasteiger partial charge < -0.3 is 14.8 Å². The van der Waals surface area contributed by atoms with Crippen LogP contribution < -0.4 is 5.32 Å². The number of aryl methyl sites for hydroxylation is 1. The molecule has 1 fully saturated rings. The molecule has 1 aromatic carbocycles. The van der Waals surface area contributed by atoms with Crippen LogP contribution in [0.5, 0.6) is 0 Å². The van der Waals surface area contributed by atoms with Gasteiger partial charge in [0.25, 0.3) is 5.79 Å². The molecule has 0 amide bonds. The maximum Gasteiger partial charge on any atom is 0.309 e. The molecule has 2 aromatic rings. The number of carbonyl (C=O) groups excluding carboxylic acids is 2. The Morgan fingerprint density at radius 1 is 1.17 bits per heavy atom. The van der Waals surface area contributed by atoms with Crippen LogP contribution in [0.3, 0.4) is 0 Å². The van der Waals surface area contributed by atoms with Crippen molar-refractivity contribution >= 4 is 23.5 Å². The Kier molecular flexibility index (Phi) is 5.12. The van der Waals surface area contributed by atoms with Gasteiger partial charge in [0.2, 0.25) is 0 Å². The van der Waals surface area contributed by atoms with Gasteiger partial charge in [0.05, 0.1) is 35.8 Å². The molecule has 1 N–H and O–H groups in total. The molecule has 7 nitrogen and oxygen atoms in total. The van der Waals surface area contributed by atoms with E-state index in [1.807, 2.05) is 17.7 Å². The molecule has 0 bridgehead atoms. The molecule has 0 saturated carbocycles. The summed E-state index contributed by atoms with van der Waals surface area (Å²) in [6, 6.07) is 5.57. The van der Waals surface area contributed by atoms with Crippen LogP contribution in [-0.4, -0.2) is 34.8 Å². The highest BCUT2D eigenvalue weighted by Gasteiger charge is 2.46. The number of ether oxygens (including phenoxy) is 2. The van der Waals surface area contributed by atoms with Crippen molar-refractivity contribution in [2.45, 2.75) is 51.7 Å². The molecular weight excluding hydrogens is 394 g/mol. The number of esters is 2. The Morgan fingerprint density at radius 3 is 2.52 bits per heavy atom. The second-order valence-corrected chi connectivity index (χ2v) is 8.23. The van der Waals surface area contributed by atoms with Gasteiger partial charge in [-0.15, -0.1) is 0 Å². The highest BCUT2D eigenvalue weighted by Crippen LogP contribution is 2.40. The van der Waals surface area contributed by atoms with Gasteiger partial charge in [-0.05, 0) is 49.6 Å². The van der Waals surface area contributed by atoms with Gasteiger partial charge in [0, 0.05) is 11.3 Å². The highest BCUT2D eigenvalue weighted by atomic mass is 35.5. The highest BCUT2D eigenvalue weighted by molar-refractivity contribution is 6.32. The van der Waals surface area contributed by atoms with Gasteiger partial charge in [-0.3, -0.25) is 9.59 Å². The number of carbonyl (C=O) groups is 2. The zero-order valence-corrected chi connectivity index (χ0v) is 17.5. The Balaban J connectivity index is 1.96. The first-order valence-corrected chi connectivity index (χ1v) is 10.2. The van der Waals surface area contributed by atoms with Gasteiger partial charge in [-0.1, -0.05) is 25.4 Å². The maximum absolute atomic E-state index is 12.3. The van der Waals surface area contributed by atoms with E-state index in [9.17, 15) is 9.59 Å². The number of halogens is 1. The molecule has 2 aliphatic rings. The molecule has 0 unspecified atom stereocenters. The fourth-order valence-corrected chi connectivity index (χ4v) is 4.25. The lowest BCUT2D eigenvalue weighted by Crippen LogP contribution is -2.43. The van der Waals surface area contributed by atoms with Crippen molar-refractivity contribution in [1.29, 1.82) is 0 Å². The second kappa shape index (κ2) is 7.46. The van der Waals surface area contributed by atoms with Gasteiger partial charge in [-0.2, -0.15) is 5.10 Å². The smallest absolute Gasteiger partial charge is 0.309 e. The standard InChI is InChI=1S/C21H24ClN3O4/c1-12(2)17-10-13(3)24-25(17)20-14-8-9-23-11-21(15(14)4-5-16(20)22)28-18(26)6-7-19(27)29-21/h4-5,10,12,23H,6-9,11H2,1-3H3. The summed E-state index contributed by atoms with van der Waals surface area (Å²) in [7, 11) is 0. The monoisotopic (exact) mass is 417 g/mol. The molecule has 29 heavy (non-hydrogen) atoms. The molecule has 1 aromatic heterocycles. The summed E-state index contributed by atoms with van der Waals surface area (Å²) >= 11 is 6.66. The minimum atomic E-state index is -1.50. The van der Waals surface area contributed by atoms with E-state index < -0.39 is 17.7 Å². The lowest BCUT2D eigenvalue weighted by Gasteiger charge is -2.32. The number of benzene rings is 1. The van der Waals surface area contributed by atoms with E-state index in [-0.39, 0.29) is 25.3 Å². The lowest BCUT2D eigenvalue weighted by atomic mass is 9.96. The van der Waals surface area contributed by atoms with Crippen molar-refractivity contribution in [2.24, 2.45) is 0 Å². The van der Waals surface area contributed by atoms with Crippen LogP contribution in [0.2, 0.25) is 5.02 Å². The minimum Gasteiger partial charge on any atom is -0.416 e. The average Bonchev–Trinajstić information content (AvgIpc) is 2.87. The Bertz CT molecular complexity index is 965. The first-order chi connectivity index (χ1) is 13.8. The number of nitrogens with zero attached hydrogens (tertiary/aromatic N) is 2. The van der Waals surface area contributed by atoms with E-state index in [1.165, 1.54) is 0 Å². The van der Waals surface area contributed by atoms with Crippen LogP contribution in [0.1, 0.15) is 55.1 Å². The van der Waals surface area contributed by atoms with Crippen molar-refractivity contribution in [3.05, 3.63) is 45.7 Å². The zero-order valence-electron chi connectivity index (χ0n) is 16.8. The molecule has 1 spiro atoms. The van der Waals surface area contributed by atoms with Gasteiger partial charge in [0.15, 0.2) is 0 Å². The second-order valence-electron chi connectivity index (χ2n) is 7.83. The third-order valence-corrected chi connectivity index (χ3v) is 5.61. The fraction of sp³-hybridized carbons (Fsp3) is 0.476. The third-order valence-electron chi connectivity index (χ3n) is 5.31. The fourth-order valence-electron chi connectivity index (χ4n) is 3.99. The molecule has 1 saturated heterocycles. The summed E-state index contributed by atoms with van der Waals surface area (Å²) in [5.41, 5.74) is 4.14. The molecule has 0 aliphatic carbocycles. The number of fused-ring (bicyclic) bond motifs is 2. The third kappa shape index (κ3) is 3.53. The normalized spacial score (nSPS) is 18.8. The summed E-state index contributed by atoms with van der Waals surface area (Å²) in [4.78, 5) is 24.5. The number of hydrogen-bond acceptors (Lipinski definition) is 6. The van der Waals surface area contributed by atoms with Crippen molar-refractivity contribution in [2.75, 3.05) is 13.1 Å². The van der Waals surface area contributed by atoms with Crippen molar-refractivity contribution in [3.8, 4) is 5.69 Å². The predicted molar refractivity (Wildman–Crippen MR) is 107 cm³/mol. The Morgan fingerprint density at radius 2 is 1.86 bits per heavy atom. The molecule has 0 atom stereocenters. The Labute approximate surface area is 174 Å². The molecular formula is C21H24ClN3O4. The van der Waals surface area contributed by atoms with Gasteiger partial charge >= 0.3 is 11.9 Å². The number of hydrogen-bond donors (Lipinski definition) is 1. The summed E-state index contributed by atoms with van der Waals surface area (Å²) < 4.78 is 13.3. The van der Waals surface area contributed by atoms with E-state index in [0.717, 1.165) is 22.6 Å². The number of rotatable bonds is 2. The summed E-state index contributed by atoms with van der Waals surface area (Å²) in [6.45, 7) is 6.94. The quantitative estimate of drug-likeness (QED) is 0.756. The van der Waals surface area contributed by atoms with Crippen LogP contribution in [0.4, 0.5) is 0 Å². The number of aromatic nitrogens is 2. The predicted octanol–water partition coefficient (Wildman–Crippen LogP) is 3.14. The topological polar surface area (TPSA) is 82.5 Å². The number of nitrogens with one attached hydrogen (secondary N) is 1. The summed E-state index contributed by atoms with van der Waals surface area (Å²) in [5.74, 6) is -2.19. The maximum atomic E-state index is 12.3. The van der Waals surface area contributed by atoms with E-state index >= 15 is 0 Å². The van der Waals surface area contributed by atoms with Crippen LogP contribution in [0, 0.1) is 6.92 Å². The van der Waals surface area contributed by atoms with Crippen LogP contribution in [0.25, 0.3) is 5.69 Å². The first-order valence-electron chi connectivity index (χ1n) is 9.84. The van der Waals surface area contributed by atoms with Crippen molar-refractivity contribution in [1.82, 2.24) is 15.1 Å². The van der Waals surface area contributed by atoms with Crippen LogP contribution >= 0.6 is 11.6 Å². The molecule has 8 heteroatoms. The molecule has 4 rings (SSSR count). The first kappa shape index (κ1) is 19.9. The van der Waals surface area contributed by atoms with Crippen LogP contribution in [-0.2, 0) is 31.3 Å². The van der Waals surface area contributed by atoms with E-state index in [2.05, 4.69) is 24.3 Å². The summed E-state index contributed by atoms with van der Waals surface area (Å²) in [5, 5.41) is 8.46. The Hall–Kier alpha value is -2.38. The minimum absolute atomic E-state index is 0.00616. The van der Waals surface area contributed by atoms with Crippen molar-refractivity contribution in [3.63, 3.8) is 0 Å². The van der Waals surface area contributed by atoms with Crippen molar-refractivity contribution < 1.29 is 19.1 Å². The zero-order chi connectivity index (χ0) is 20.8.